The lowest BCUT2D eigenvalue weighted by atomic mass is 9.74. The van der Waals surface area contributed by atoms with Gasteiger partial charge in [-0.2, -0.15) is 0 Å². The molecule has 0 amide bonds. The second-order valence-corrected chi connectivity index (χ2v) is 5.66. The summed E-state index contributed by atoms with van der Waals surface area (Å²) in [6, 6.07) is 19.1. The van der Waals surface area contributed by atoms with Crippen molar-refractivity contribution in [3.63, 3.8) is 0 Å². The van der Waals surface area contributed by atoms with Crippen LogP contribution in [-0.2, 0) is 5.41 Å². The van der Waals surface area contributed by atoms with Crippen LogP contribution in [0.15, 0.2) is 59.1 Å². The zero-order valence-corrected chi connectivity index (χ0v) is 12.2. The summed E-state index contributed by atoms with van der Waals surface area (Å²) in [7, 11) is 0. The van der Waals surface area contributed by atoms with Crippen molar-refractivity contribution < 1.29 is 0 Å². The van der Waals surface area contributed by atoms with Gasteiger partial charge in [-0.1, -0.05) is 65.3 Å². The molecule has 94 valence electrons. The van der Waals surface area contributed by atoms with E-state index in [4.69, 9.17) is 5.73 Å². The van der Waals surface area contributed by atoms with Crippen molar-refractivity contribution >= 4 is 15.9 Å². The molecule has 2 rings (SSSR count). The van der Waals surface area contributed by atoms with Crippen LogP contribution < -0.4 is 5.73 Å². The van der Waals surface area contributed by atoms with Crippen LogP contribution in [0.4, 0.5) is 0 Å². The van der Waals surface area contributed by atoms with E-state index >= 15 is 0 Å². The maximum atomic E-state index is 5.81. The highest BCUT2D eigenvalue weighted by Gasteiger charge is 2.27. The average Bonchev–Trinajstić information content (AvgIpc) is 2.40. The second-order valence-electron chi connectivity index (χ2n) is 4.74. The predicted octanol–water partition coefficient (Wildman–Crippen LogP) is 4.10. The predicted molar refractivity (Wildman–Crippen MR) is 80.7 cm³/mol. The lowest BCUT2D eigenvalue weighted by Gasteiger charge is -2.30. The maximum Gasteiger partial charge on any atom is 0.0186 e. The van der Waals surface area contributed by atoms with E-state index in [0.717, 1.165) is 10.9 Å². The molecule has 0 saturated heterocycles. The van der Waals surface area contributed by atoms with Gasteiger partial charge in [-0.3, -0.25) is 0 Å². The smallest absolute Gasteiger partial charge is 0.0186 e. The Bertz CT molecular complexity index is 492. The molecule has 0 saturated carbocycles. The minimum Gasteiger partial charge on any atom is -0.330 e. The minimum atomic E-state index is -0.0172. The number of rotatable bonds is 4. The first-order chi connectivity index (χ1) is 8.66. The number of benzene rings is 2. The third-order valence-electron chi connectivity index (χ3n) is 3.54. The van der Waals surface area contributed by atoms with Crippen LogP contribution in [0, 0.1) is 0 Å². The Hall–Kier alpha value is -1.12. The van der Waals surface area contributed by atoms with E-state index in [-0.39, 0.29) is 5.41 Å². The highest BCUT2D eigenvalue weighted by Crippen LogP contribution is 2.35. The molecule has 1 atom stereocenters. The van der Waals surface area contributed by atoms with Crippen LogP contribution in [0.1, 0.15) is 24.5 Å². The highest BCUT2D eigenvalue weighted by molar-refractivity contribution is 9.10. The Balaban J connectivity index is 2.47. The summed E-state index contributed by atoms with van der Waals surface area (Å²) in [5.41, 5.74) is 8.42. The largest absolute Gasteiger partial charge is 0.330 e. The molecule has 0 aliphatic carbocycles. The lowest BCUT2D eigenvalue weighted by Crippen LogP contribution is -2.27. The maximum absolute atomic E-state index is 5.81. The normalized spacial score (nSPS) is 14.2. The number of halogens is 1. The van der Waals surface area contributed by atoms with E-state index in [2.05, 4.69) is 71.4 Å². The lowest BCUT2D eigenvalue weighted by molar-refractivity contribution is 0.528. The van der Waals surface area contributed by atoms with Crippen molar-refractivity contribution in [2.24, 2.45) is 5.73 Å². The van der Waals surface area contributed by atoms with Gasteiger partial charge in [0.25, 0.3) is 0 Å². The fourth-order valence-electron chi connectivity index (χ4n) is 2.37. The Morgan fingerprint density at radius 3 is 2.06 bits per heavy atom. The summed E-state index contributed by atoms with van der Waals surface area (Å²) in [5, 5.41) is 0. The minimum absolute atomic E-state index is 0.0172. The summed E-state index contributed by atoms with van der Waals surface area (Å²) in [4.78, 5) is 0. The SMILES string of the molecule is CC(CCN)(c1ccccc1)c1ccc(Br)cc1. The first-order valence-corrected chi connectivity index (χ1v) is 6.98. The van der Waals surface area contributed by atoms with Gasteiger partial charge in [0.1, 0.15) is 0 Å². The average molecular weight is 304 g/mol. The van der Waals surface area contributed by atoms with E-state index in [9.17, 15) is 0 Å². The summed E-state index contributed by atoms with van der Waals surface area (Å²) >= 11 is 3.48. The number of nitrogens with two attached hydrogens (primary N) is 1. The number of hydrogen-bond donors (Lipinski definition) is 1. The Kier molecular flexibility index (Phi) is 4.20. The fraction of sp³-hybridized carbons (Fsp3) is 0.250. The molecule has 0 spiro atoms. The first-order valence-electron chi connectivity index (χ1n) is 6.18. The first kappa shape index (κ1) is 13.3. The molecule has 18 heavy (non-hydrogen) atoms. The molecule has 0 heterocycles. The zero-order chi connectivity index (χ0) is 13.0. The van der Waals surface area contributed by atoms with Crippen LogP contribution in [-0.4, -0.2) is 6.54 Å². The van der Waals surface area contributed by atoms with Crippen LogP contribution in [0.25, 0.3) is 0 Å². The van der Waals surface area contributed by atoms with Crippen molar-refractivity contribution in [2.75, 3.05) is 6.54 Å². The summed E-state index contributed by atoms with van der Waals surface area (Å²) < 4.78 is 1.11. The summed E-state index contributed by atoms with van der Waals surface area (Å²) in [6.45, 7) is 2.94. The second kappa shape index (κ2) is 5.68. The van der Waals surface area contributed by atoms with Gasteiger partial charge in [0.05, 0.1) is 0 Å². The summed E-state index contributed by atoms with van der Waals surface area (Å²) in [5.74, 6) is 0. The molecule has 1 nitrogen and oxygen atoms in total. The molecule has 2 N–H and O–H groups in total. The van der Waals surface area contributed by atoms with Crippen molar-refractivity contribution in [1.29, 1.82) is 0 Å². The third-order valence-corrected chi connectivity index (χ3v) is 4.07. The molecule has 2 aromatic carbocycles. The van der Waals surface area contributed by atoms with Gasteiger partial charge >= 0.3 is 0 Å². The third kappa shape index (κ3) is 2.65. The van der Waals surface area contributed by atoms with Crippen LogP contribution in [0.5, 0.6) is 0 Å². The van der Waals surface area contributed by atoms with E-state index in [1.807, 2.05) is 6.07 Å². The van der Waals surface area contributed by atoms with Gasteiger partial charge in [0.2, 0.25) is 0 Å². The molecular formula is C16H18BrN. The molecule has 2 aromatic rings. The standard InChI is InChI=1S/C16H18BrN/c1-16(11-12-18,13-5-3-2-4-6-13)14-7-9-15(17)10-8-14/h2-10H,11-12,18H2,1H3. The van der Waals surface area contributed by atoms with Crippen molar-refractivity contribution in [1.82, 2.24) is 0 Å². The van der Waals surface area contributed by atoms with E-state index in [1.54, 1.807) is 0 Å². The van der Waals surface area contributed by atoms with Gasteiger partial charge in [0.15, 0.2) is 0 Å². The van der Waals surface area contributed by atoms with Gasteiger partial charge < -0.3 is 5.73 Å². The number of hydrogen-bond acceptors (Lipinski definition) is 1. The Labute approximate surface area is 117 Å². The topological polar surface area (TPSA) is 26.0 Å². The van der Waals surface area contributed by atoms with Crippen LogP contribution >= 0.6 is 15.9 Å². The molecule has 0 aliphatic rings. The molecule has 0 aromatic heterocycles. The molecule has 0 fully saturated rings. The van der Waals surface area contributed by atoms with Crippen LogP contribution in [0.3, 0.4) is 0 Å². The summed E-state index contributed by atoms with van der Waals surface area (Å²) in [6.07, 6.45) is 0.943. The van der Waals surface area contributed by atoms with Crippen molar-refractivity contribution in [3.05, 3.63) is 70.2 Å². The van der Waals surface area contributed by atoms with Crippen LogP contribution in [0.2, 0.25) is 0 Å². The Morgan fingerprint density at radius 2 is 1.50 bits per heavy atom. The molecule has 0 bridgehead atoms. The molecule has 0 radical (unpaired) electrons. The Morgan fingerprint density at radius 1 is 0.944 bits per heavy atom. The van der Waals surface area contributed by atoms with E-state index in [0.29, 0.717) is 6.54 Å². The van der Waals surface area contributed by atoms with Gasteiger partial charge in [-0.25, -0.2) is 0 Å². The van der Waals surface area contributed by atoms with Gasteiger partial charge in [-0.15, -0.1) is 0 Å². The zero-order valence-electron chi connectivity index (χ0n) is 10.6. The van der Waals surface area contributed by atoms with Gasteiger partial charge in [0, 0.05) is 9.89 Å². The monoisotopic (exact) mass is 303 g/mol. The fourth-order valence-corrected chi connectivity index (χ4v) is 2.63. The molecule has 2 heteroatoms. The highest BCUT2D eigenvalue weighted by atomic mass is 79.9. The molecule has 1 unspecified atom stereocenters. The van der Waals surface area contributed by atoms with Crippen molar-refractivity contribution in [3.8, 4) is 0 Å². The van der Waals surface area contributed by atoms with E-state index < -0.39 is 0 Å². The van der Waals surface area contributed by atoms with Gasteiger partial charge in [-0.05, 0) is 36.2 Å². The molecule has 0 aliphatic heterocycles. The van der Waals surface area contributed by atoms with Crippen molar-refractivity contribution in [2.45, 2.75) is 18.8 Å². The quantitative estimate of drug-likeness (QED) is 0.904. The van der Waals surface area contributed by atoms with E-state index in [1.165, 1.54) is 11.1 Å². The molecular weight excluding hydrogens is 286 g/mol.